The van der Waals surface area contributed by atoms with E-state index in [1.54, 1.807) is 12.3 Å². The Kier molecular flexibility index (Phi) is 9.69. The maximum absolute atomic E-state index is 11.8. The average molecular weight is 599 g/mol. The quantitative estimate of drug-likeness (QED) is 0.169. The Balaban J connectivity index is 1.83. The Bertz CT molecular complexity index is 1550. The van der Waals surface area contributed by atoms with Crippen molar-refractivity contribution in [3.8, 4) is 22.8 Å². The number of ether oxygens (including phenoxy) is 2. The number of amides is 1. The Morgan fingerprint density at radius 1 is 1.05 bits per heavy atom. The number of para-hydroxylation sites is 1. The summed E-state index contributed by atoms with van der Waals surface area (Å²) < 4.78 is 10.9. The van der Waals surface area contributed by atoms with E-state index in [4.69, 9.17) is 42.6 Å². The van der Waals surface area contributed by atoms with Crippen molar-refractivity contribution < 1.29 is 14.3 Å². The molecule has 2 aromatic heterocycles. The molecule has 41 heavy (non-hydrogen) atoms. The summed E-state index contributed by atoms with van der Waals surface area (Å²) in [6, 6.07) is 9.09. The van der Waals surface area contributed by atoms with E-state index in [0.717, 1.165) is 23.9 Å². The molecule has 0 aliphatic rings. The third-order valence-corrected chi connectivity index (χ3v) is 7.04. The van der Waals surface area contributed by atoms with Crippen LogP contribution in [0.5, 0.6) is 11.5 Å². The number of benzene rings is 2. The van der Waals surface area contributed by atoms with E-state index >= 15 is 0 Å². The first-order valence-corrected chi connectivity index (χ1v) is 13.7. The van der Waals surface area contributed by atoms with Gasteiger partial charge in [-0.1, -0.05) is 35.3 Å². The van der Waals surface area contributed by atoms with Crippen LogP contribution in [0.1, 0.15) is 18.9 Å². The molecule has 216 valence electrons. The third-order valence-electron chi connectivity index (χ3n) is 6.29. The minimum atomic E-state index is -0.175. The normalized spacial score (nSPS) is 11.0. The molecule has 0 bridgehead atoms. The van der Waals surface area contributed by atoms with E-state index in [2.05, 4.69) is 25.8 Å². The molecule has 4 aromatic rings. The topological polar surface area (TPSA) is 114 Å². The molecule has 3 N–H and O–H groups in total. The molecule has 0 spiro atoms. The van der Waals surface area contributed by atoms with Crippen molar-refractivity contribution in [1.82, 2.24) is 19.9 Å². The number of nitrogens with zero attached hydrogens (tertiary/aromatic N) is 4. The zero-order valence-electron chi connectivity index (χ0n) is 23.9. The number of hydrogen-bond acceptors (Lipinski definition) is 9. The van der Waals surface area contributed by atoms with E-state index in [-0.39, 0.29) is 5.91 Å². The molecule has 0 atom stereocenters. The minimum absolute atomic E-state index is 0.175. The molecule has 0 saturated heterocycles. The summed E-state index contributed by atoms with van der Waals surface area (Å²) in [7, 11) is 7.11. The Morgan fingerprint density at radius 2 is 1.76 bits per heavy atom. The van der Waals surface area contributed by atoms with Crippen LogP contribution >= 0.6 is 23.2 Å². The molecule has 2 heterocycles. The van der Waals surface area contributed by atoms with Crippen LogP contribution in [0.3, 0.4) is 0 Å². The fraction of sp³-hybridized carbons (Fsp3) is 0.310. The summed E-state index contributed by atoms with van der Waals surface area (Å²) in [5.41, 5.74) is 3.85. The zero-order valence-corrected chi connectivity index (χ0v) is 25.4. The summed E-state index contributed by atoms with van der Waals surface area (Å²) in [5, 5.41) is 10.9. The summed E-state index contributed by atoms with van der Waals surface area (Å²) >= 11 is 13.4. The van der Waals surface area contributed by atoms with Crippen molar-refractivity contribution >= 4 is 63.2 Å². The van der Waals surface area contributed by atoms with E-state index in [0.29, 0.717) is 68.0 Å². The molecular weight excluding hydrogens is 565 g/mol. The summed E-state index contributed by atoms with van der Waals surface area (Å²) in [4.78, 5) is 28.2. The first-order chi connectivity index (χ1) is 19.6. The number of hydrogen-bond donors (Lipinski definition) is 3. The fourth-order valence-electron chi connectivity index (χ4n) is 4.30. The molecule has 1 amide bonds. The van der Waals surface area contributed by atoms with Gasteiger partial charge in [-0.05, 0) is 51.7 Å². The molecule has 12 heteroatoms. The first kappa shape index (κ1) is 30.1. The molecule has 0 aliphatic carbocycles. The van der Waals surface area contributed by atoms with Crippen molar-refractivity contribution in [2.75, 3.05) is 57.4 Å². The van der Waals surface area contributed by atoms with E-state index in [9.17, 15) is 4.79 Å². The summed E-state index contributed by atoms with van der Waals surface area (Å²) in [5.74, 6) is 1.54. The number of halogens is 2. The van der Waals surface area contributed by atoms with Gasteiger partial charge in [0.1, 0.15) is 17.0 Å². The van der Waals surface area contributed by atoms with Crippen LogP contribution in [0.15, 0.2) is 36.5 Å². The lowest BCUT2D eigenvalue weighted by molar-refractivity contribution is -0.114. The standard InChI is InChI=1S/C29H33Cl2N7O3/c1-16-9-7-10-19(34-17(2)39)26(16)36-29-33-15-18-13-20(23-24(30)21(40-5)14-22(41-6)25(23)31)35-28(27(18)37-29)32-11-8-12-38(3)4/h7,9-10,13-15H,8,11-12H2,1-6H3,(H,32,35)(H,34,39)(H,33,36,37). The molecule has 0 saturated carbocycles. The SMILES string of the molecule is COc1cc(OC)c(Cl)c(-c2cc3cnc(Nc4c(C)cccc4NC(C)=O)nc3c(NCCCN(C)C)n2)c1Cl. The van der Waals surface area contributed by atoms with Crippen molar-refractivity contribution in [2.45, 2.75) is 20.3 Å². The highest BCUT2D eigenvalue weighted by molar-refractivity contribution is 6.41. The van der Waals surface area contributed by atoms with Crippen LogP contribution < -0.4 is 25.4 Å². The predicted octanol–water partition coefficient (Wildman–Crippen LogP) is 6.39. The highest BCUT2D eigenvalue weighted by Gasteiger charge is 2.22. The largest absolute Gasteiger partial charge is 0.495 e. The zero-order chi connectivity index (χ0) is 29.7. The van der Waals surface area contributed by atoms with Gasteiger partial charge in [0.05, 0.1) is 41.3 Å². The van der Waals surface area contributed by atoms with Crippen LogP contribution in [0.4, 0.5) is 23.1 Å². The van der Waals surface area contributed by atoms with Crippen LogP contribution in [-0.2, 0) is 4.79 Å². The summed E-state index contributed by atoms with van der Waals surface area (Å²) in [6.07, 6.45) is 2.59. The summed E-state index contributed by atoms with van der Waals surface area (Å²) in [6.45, 7) is 4.96. The molecule has 4 rings (SSSR count). The van der Waals surface area contributed by atoms with Crippen LogP contribution in [0.25, 0.3) is 22.2 Å². The molecule has 0 unspecified atom stereocenters. The number of aryl methyl sites for hydroxylation is 1. The van der Waals surface area contributed by atoms with E-state index in [1.807, 2.05) is 45.3 Å². The predicted molar refractivity (Wildman–Crippen MR) is 166 cm³/mol. The van der Waals surface area contributed by atoms with Crippen molar-refractivity contribution in [2.24, 2.45) is 0 Å². The number of rotatable bonds is 11. The number of pyridine rings is 1. The number of carbonyl (C=O) groups excluding carboxylic acids is 1. The number of aromatic nitrogens is 3. The smallest absolute Gasteiger partial charge is 0.227 e. The van der Waals surface area contributed by atoms with Gasteiger partial charge in [-0.3, -0.25) is 4.79 Å². The van der Waals surface area contributed by atoms with Gasteiger partial charge < -0.3 is 30.3 Å². The van der Waals surface area contributed by atoms with Crippen LogP contribution in [0.2, 0.25) is 10.0 Å². The fourth-order valence-corrected chi connectivity index (χ4v) is 5.00. The molecule has 10 nitrogen and oxygen atoms in total. The highest BCUT2D eigenvalue weighted by atomic mass is 35.5. The van der Waals surface area contributed by atoms with Gasteiger partial charge in [-0.2, -0.15) is 0 Å². The number of carbonyl (C=O) groups is 1. The second kappa shape index (κ2) is 13.2. The Hall–Kier alpha value is -3.86. The second-order valence-corrected chi connectivity index (χ2v) is 10.4. The molecule has 0 aliphatic heterocycles. The lowest BCUT2D eigenvalue weighted by atomic mass is 10.1. The first-order valence-electron chi connectivity index (χ1n) is 12.9. The Labute approximate surface area is 249 Å². The molecule has 0 radical (unpaired) electrons. The number of nitrogens with one attached hydrogen (secondary N) is 3. The van der Waals surface area contributed by atoms with Gasteiger partial charge in [-0.25, -0.2) is 15.0 Å². The third kappa shape index (κ3) is 6.90. The second-order valence-electron chi connectivity index (χ2n) is 9.66. The van der Waals surface area contributed by atoms with E-state index < -0.39 is 0 Å². The Morgan fingerprint density at radius 3 is 2.39 bits per heavy atom. The molecule has 2 aromatic carbocycles. The number of anilines is 4. The van der Waals surface area contributed by atoms with Gasteiger partial charge >= 0.3 is 0 Å². The monoisotopic (exact) mass is 597 g/mol. The lowest BCUT2D eigenvalue weighted by Gasteiger charge is -2.17. The van der Waals surface area contributed by atoms with Gasteiger partial charge in [0.25, 0.3) is 0 Å². The average Bonchev–Trinajstić information content (AvgIpc) is 2.93. The highest BCUT2D eigenvalue weighted by Crippen LogP contribution is 2.46. The van der Waals surface area contributed by atoms with Gasteiger partial charge in [0.15, 0.2) is 5.82 Å². The van der Waals surface area contributed by atoms with Crippen LogP contribution in [-0.4, -0.2) is 67.2 Å². The molecule has 0 fully saturated rings. The number of methoxy groups -OCH3 is 2. The van der Waals surface area contributed by atoms with Gasteiger partial charge in [0.2, 0.25) is 11.9 Å². The van der Waals surface area contributed by atoms with Crippen molar-refractivity contribution in [3.63, 3.8) is 0 Å². The van der Waals surface area contributed by atoms with Gasteiger partial charge in [-0.15, -0.1) is 0 Å². The van der Waals surface area contributed by atoms with Crippen LogP contribution in [0, 0.1) is 6.92 Å². The van der Waals surface area contributed by atoms with E-state index in [1.165, 1.54) is 21.1 Å². The number of fused-ring (bicyclic) bond motifs is 1. The van der Waals surface area contributed by atoms with Gasteiger partial charge in [0, 0.05) is 36.7 Å². The van der Waals surface area contributed by atoms with Crippen molar-refractivity contribution in [1.29, 1.82) is 0 Å². The molecular formula is C29H33Cl2N7O3. The van der Waals surface area contributed by atoms with Crippen molar-refractivity contribution in [3.05, 3.63) is 52.1 Å². The maximum Gasteiger partial charge on any atom is 0.227 e. The minimum Gasteiger partial charge on any atom is -0.495 e. The lowest BCUT2D eigenvalue weighted by Crippen LogP contribution is -2.17. The maximum atomic E-state index is 11.8.